The number of aromatic nitrogens is 2. The average molecular weight is 272 g/mol. The smallest absolute Gasteiger partial charge is 0.249 e. The molecule has 106 valence electrons. The summed E-state index contributed by atoms with van der Waals surface area (Å²) in [5.74, 6) is 1.16. The van der Waals surface area contributed by atoms with Gasteiger partial charge in [0.1, 0.15) is 0 Å². The highest BCUT2D eigenvalue weighted by Crippen LogP contribution is 2.29. The summed E-state index contributed by atoms with van der Waals surface area (Å²) in [6.45, 7) is 5.12. The van der Waals surface area contributed by atoms with E-state index in [4.69, 9.17) is 4.42 Å². The quantitative estimate of drug-likeness (QED) is 0.930. The third kappa shape index (κ3) is 2.54. The first-order chi connectivity index (χ1) is 9.63. The van der Waals surface area contributed by atoms with Gasteiger partial charge >= 0.3 is 0 Å². The van der Waals surface area contributed by atoms with Gasteiger partial charge in [-0.15, -0.1) is 10.2 Å². The molecule has 1 aromatic heterocycles. The van der Waals surface area contributed by atoms with Crippen LogP contribution in [0, 0.1) is 6.92 Å². The highest BCUT2D eigenvalue weighted by Gasteiger charge is 2.26. The highest BCUT2D eigenvalue weighted by atomic mass is 16.4. The second-order valence-corrected chi connectivity index (χ2v) is 5.54. The van der Waals surface area contributed by atoms with Gasteiger partial charge in [-0.2, -0.15) is 0 Å². The van der Waals surface area contributed by atoms with Crippen molar-refractivity contribution in [2.75, 3.05) is 18.9 Å². The van der Waals surface area contributed by atoms with Crippen LogP contribution >= 0.6 is 0 Å². The third-order valence-corrected chi connectivity index (χ3v) is 3.93. The first-order valence-electron chi connectivity index (χ1n) is 7.00. The number of benzene rings is 1. The van der Waals surface area contributed by atoms with Crippen molar-refractivity contribution >= 4 is 5.69 Å². The Balaban J connectivity index is 1.84. The van der Waals surface area contributed by atoms with Crippen LogP contribution in [-0.4, -0.2) is 40.8 Å². The summed E-state index contributed by atoms with van der Waals surface area (Å²) in [5, 5.41) is 11.6. The molecule has 20 heavy (non-hydrogen) atoms. The molecule has 2 atom stereocenters. The van der Waals surface area contributed by atoms with E-state index < -0.39 is 0 Å². The van der Waals surface area contributed by atoms with Gasteiger partial charge in [-0.05, 0) is 32.5 Å². The maximum atomic E-state index is 5.54. The van der Waals surface area contributed by atoms with Gasteiger partial charge in [0.25, 0.3) is 0 Å². The van der Waals surface area contributed by atoms with Crippen LogP contribution in [0.4, 0.5) is 5.69 Å². The molecule has 1 aliphatic heterocycles. The topological polar surface area (TPSA) is 54.2 Å². The van der Waals surface area contributed by atoms with Crippen LogP contribution in [0.25, 0.3) is 11.5 Å². The molecule has 2 unspecified atom stereocenters. The minimum absolute atomic E-state index is 0.458. The molecule has 1 saturated heterocycles. The van der Waals surface area contributed by atoms with E-state index >= 15 is 0 Å². The first kappa shape index (κ1) is 13.1. The predicted molar refractivity (Wildman–Crippen MR) is 78.6 cm³/mol. The minimum Gasteiger partial charge on any atom is -0.421 e. The number of likely N-dealkylation sites (tertiary alicyclic amines) is 1. The van der Waals surface area contributed by atoms with Crippen molar-refractivity contribution in [1.82, 2.24) is 15.1 Å². The molecule has 0 radical (unpaired) electrons. The number of para-hydroxylation sites is 1. The van der Waals surface area contributed by atoms with E-state index in [1.807, 2.05) is 18.2 Å². The summed E-state index contributed by atoms with van der Waals surface area (Å²) in [6.07, 6.45) is 1.15. The van der Waals surface area contributed by atoms with Gasteiger partial charge in [-0.25, -0.2) is 0 Å². The van der Waals surface area contributed by atoms with Crippen molar-refractivity contribution in [3.05, 3.63) is 30.2 Å². The second-order valence-electron chi connectivity index (χ2n) is 5.54. The van der Waals surface area contributed by atoms with Gasteiger partial charge in [-0.1, -0.05) is 12.1 Å². The van der Waals surface area contributed by atoms with E-state index in [9.17, 15) is 0 Å². The van der Waals surface area contributed by atoms with Crippen LogP contribution in [-0.2, 0) is 0 Å². The molecule has 0 saturated carbocycles. The predicted octanol–water partition coefficient (Wildman–Crippen LogP) is 2.55. The molecule has 0 bridgehead atoms. The van der Waals surface area contributed by atoms with Crippen molar-refractivity contribution in [1.29, 1.82) is 0 Å². The van der Waals surface area contributed by atoms with Crippen LogP contribution in [0.2, 0.25) is 0 Å². The summed E-state index contributed by atoms with van der Waals surface area (Å²) in [7, 11) is 2.17. The summed E-state index contributed by atoms with van der Waals surface area (Å²) < 4.78 is 5.54. The van der Waals surface area contributed by atoms with Gasteiger partial charge < -0.3 is 14.6 Å². The number of anilines is 1. The van der Waals surface area contributed by atoms with Crippen molar-refractivity contribution in [3.8, 4) is 11.5 Å². The second kappa shape index (κ2) is 5.25. The lowest BCUT2D eigenvalue weighted by Crippen LogP contribution is -2.25. The molecule has 1 N–H and O–H groups in total. The molecule has 1 fully saturated rings. The largest absolute Gasteiger partial charge is 0.421 e. The first-order valence-corrected chi connectivity index (χ1v) is 7.00. The zero-order valence-corrected chi connectivity index (χ0v) is 12.1. The maximum Gasteiger partial charge on any atom is 0.249 e. The van der Waals surface area contributed by atoms with Gasteiger partial charge in [-0.3, -0.25) is 0 Å². The summed E-state index contributed by atoms with van der Waals surface area (Å²) in [6, 6.07) is 9.17. The molecule has 0 aliphatic carbocycles. The number of rotatable bonds is 3. The maximum absolute atomic E-state index is 5.54. The Morgan fingerprint density at radius 2 is 2.10 bits per heavy atom. The molecule has 5 heteroatoms. The molecule has 1 aliphatic rings. The van der Waals surface area contributed by atoms with Crippen LogP contribution in [0.15, 0.2) is 28.7 Å². The number of hydrogen-bond acceptors (Lipinski definition) is 5. The Labute approximate surface area is 119 Å². The van der Waals surface area contributed by atoms with E-state index in [1.165, 1.54) is 0 Å². The Morgan fingerprint density at radius 1 is 1.30 bits per heavy atom. The SMILES string of the molecule is Cc1nnc(-c2ccccc2NC2CC(C)N(C)C2)o1. The summed E-state index contributed by atoms with van der Waals surface area (Å²) >= 11 is 0. The molecule has 2 aromatic rings. The van der Waals surface area contributed by atoms with Gasteiger partial charge in [0.05, 0.1) is 5.56 Å². The fourth-order valence-electron chi connectivity index (χ4n) is 2.72. The molecular formula is C15H20N4O. The third-order valence-electron chi connectivity index (χ3n) is 3.93. The van der Waals surface area contributed by atoms with Gasteiger partial charge in [0, 0.05) is 31.2 Å². The highest BCUT2D eigenvalue weighted by molar-refractivity contribution is 5.72. The van der Waals surface area contributed by atoms with Gasteiger partial charge in [0.15, 0.2) is 0 Å². The Kier molecular flexibility index (Phi) is 3.44. The monoisotopic (exact) mass is 272 g/mol. The van der Waals surface area contributed by atoms with E-state index in [-0.39, 0.29) is 0 Å². The minimum atomic E-state index is 0.458. The molecule has 0 amide bonds. The van der Waals surface area contributed by atoms with Crippen molar-refractivity contribution in [2.24, 2.45) is 0 Å². The molecule has 2 heterocycles. The van der Waals surface area contributed by atoms with E-state index in [2.05, 4.69) is 40.5 Å². The zero-order chi connectivity index (χ0) is 14.1. The molecule has 3 rings (SSSR count). The van der Waals surface area contributed by atoms with Crippen LogP contribution in [0.1, 0.15) is 19.2 Å². The van der Waals surface area contributed by atoms with E-state index in [0.717, 1.165) is 24.2 Å². The lowest BCUT2D eigenvalue weighted by Gasteiger charge is -2.16. The molecule has 5 nitrogen and oxygen atoms in total. The van der Waals surface area contributed by atoms with Crippen LogP contribution in [0.3, 0.4) is 0 Å². The number of likely N-dealkylation sites (N-methyl/N-ethyl adjacent to an activating group) is 1. The Hall–Kier alpha value is -1.88. The molecule has 0 spiro atoms. The van der Waals surface area contributed by atoms with Crippen molar-refractivity contribution < 1.29 is 4.42 Å². The standard InChI is InChI=1S/C15H20N4O/c1-10-8-12(9-19(10)3)16-14-7-5-4-6-13(14)15-18-17-11(2)20-15/h4-7,10,12,16H,8-9H2,1-3H3. The number of nitrogens with zero attached hydrogens (tertiary/aromatic N) is 3. The lowest BCUT2D eigenvalue weighted by atomic mass is 10.1. The Morgan fingerprint density at radius 3 is 2.75 bits per heavy atom. The fraction of sp³-hybridized carbons (Fsp3) is 0.467. The van der Waals surface area contributed by atoms with Crippen LogP contribution < -0.4 is 5.32 Å². The Bertz CT molecular complexity index is 585. The van der Waals surface area contributed by atoms with E-state index in [1.54, 1.807) is 6.92 Å². The average Bonchev–Trinajstić information content (AvgIpc) is 2.97. The molecular weight excluding hydrogens is 252 g/mol. The van der Waals surface area contributed by atoms with Gasteiger partial charge in [0.2, 0.25) is 11.8 Å². The summed E-state index contributed by atoms with van der Waals surface area (Å²) in [4.78, 5) is 2.37. The van der Waals surface area contributed by atoms with Crippen molar-refractivity contribution in [2.45, 2.75) is 32.4 Å². The normalized spacial score (nSPS) is 23.1. The lowest BCUT2D eigenvalue weighted by molar-refractivity contribution is 0.330. The number of nitrogens with one attached hydrogen (secondary N) is 1. The summed E-state index contributed by atoms with van der Waals surface area (Å²) in [5.41, 5.74) is 2.03. The number of hydrogen-bond donors (Lipinski definition) is 1. The fourth-order valence-corrected chi connectivity index (χ4v) is 2.72. The van der Waals surface area contributed by atoms with Crippen LogP contribution in [0.5, 0.6) is 0 Å². The number of aryl methyl sites for hydroxylation is 1. The molecule has 1 aromatic carbocycles. The van der Waals surface area contributed by atoms with E-state index in [0.29, 0.717) is 23.9 Å². The zero-order valence-electron chi connectivity index (χ0n) is 12.1. The van der Waals surface area contributed by atoms with Crippen molar-refractivity contribution in [3.63, 3.8) is 0 Å².